The zero-order valence-corrected chi connectivity index (χ0v) is 15.9. The van der Waals surface area contributed by atoms with Gasteiger partial charge in [0.1, 0.15) is 6.54 Å². The predicted octanol–water partition coefficient (Wildman–Crippen LogP) is 0.560. The summed E-state index contributed by atoms with van der Waals surface area (Å²) < 4.78 is 13.7. The number of aromatic amines is 1. The molecule has 0 amide bonds. The Kier molecular flexibility index (Phi) is 5.93. The first-order valence-electron chi connectivity index (χ1n) is 9.12. The van der Waals surface area contributed by atoms with Gasteiger partial charge in [0, 0.05) is 42.4 Å². The van der Waals surface area contributed by atoms with Gasteiger partial charge in [-0.25, -0.2) is 4.79 Å². The molecule has 1 atom stereocenters. The third-order valence-corrected chi connectivity index (χ3v) is 4.84. The predicted molar refractivity (Wildman–Crippen MR) is 99.5 cm³/mol. The Balaban J connectivity index is 1.60. The molecule has 1 aliphatic rings. The molecule has 9 heteroatoms. The third kappa shape index (κ3) is 4.48. The molecule has 0 aromatic carbocycles. The highest BCUT2D eigenvalue weighted by Crippen LogP contribution is 2.20. The molecular formula is C19H23N3O6. The molecule has 0 unspecified atom stereocenters. The highest BCUT2D eigenvalue weighted by molar-refractivity contribution is 5.99. The minimum absolute atomic E-state index is 0.154. The number of rotatable bonds is 7. The normalized spacial score (nSPS) is 16.3. The fraction of sp³-hybridized carbons (Fsp3) is 0.474. The average molecular weight is 389 g/mol. The fourth-order valence-electron chi connectivity index (χ4n) is 3.33. The van der Waals surface area contributed by atoms with Crippen LogP contribution in [-0.2, 0) is 27.4 Å². The molecule has 0 radical (unpaired) electrons. The lowest BCUT2D eigenvalue weighted by molar-refractivity contribution is -0.143. The molecule has 1 N–H and O–H groups in total. The summed E-state index contributed by atoms with van der Waals surface area (Å²) in [6.07, 6.45) is 3.40. The van der Waals surface area contributed by atoms with E-state index >= 15 is 0 Å². The lowest BCUT2D eigenvalue weighted by atomic mass is 10.1. The van der Waals surface area contributed by atoms with E-state index in [4.69, 9.17) is 9.47 Å². The Morgan fingerprint density at radius 1 is 1.32 bits per heavy atom. The number of aryl methyl sites for hydroxylation is 1. The van der Waals surface area contributed by atoms with Crippen molar-refractivity contribution in [3.05, 3.63) is 56.1 Å². The molecule has 0 spiro atoms. The fourth-order valence-corrected chi connectivity index (χ4v) is 3.33. The molecule has 0 saturated carbocycles. The zero-order chi connectivity index (χ0) is 20.3. The van der Waals surface area contributed by atoms with E-state index in [2.05, 4.69) is 0 Å². The van der Waals surface area contributed by atoms with Crippen LogP contribution in [0.2, 0.25) is 0 Å². The number of aromatic nitrogens is 3. The Morgan fingerprint density at radius 3 is 2.79 bits per heavy atom. The average Bonchev–Trinajstić information content (AvgIpc) is 3.26. The molecule has 1 saturated heterocycles. The maximum atomic E-state index is 12.5. The molecule has 0 bridgehead atoms. The molecule has 0 aliphatic carbocycles. The number of Topliss-reactive ketones (excluding diaryl/α,β-unsaturated/α-hetero) is 1. The zero-order valence-electron chi connectivity index (χ0n) is 15.9. The van der Waals surface area contributed by atoms with Crippen molar-refractivity contribution in [2.75, 3.05) is 13.2 Å². The highest BCUT2D eigenvalue weighted by Gasteiger charge is 2.21. The first-order valence-corrected chi connectivity index (χ1v) is 9.12. The topological polar surface area (TPSA) is 112 Å². The van der Waals surface area contributed by atoms with Gasteiger partial charge in [0.05, 0.1) is 6.10 Å². The number of nitrogens with one attached hydrogen (secondary N) is 1. The molecular weight excluding hydrogens is 366 g/mol. The number of H-pyrrole nitrogens is 1. The van der Waals surface area contributed by atoms with Crippen molar-refractivity contribution in [3.8, 4) is 0 Å². The van der Waals surface area contributed by atoms with Crippen LogP contribution in [0, 0.1) is 13.8 Å². The van der Waals surface area contributed by atoms with E-state index in [1.807, 2.05) is 23.4 Å². The van der Waals surface area contributed by atoms with Gasteiger partial charge < -0.3 is 14.0 Å². The van der Waals surface area contributed by atoms with Crippen molar-refractivity contribution >= 4 is 11.8 Å². The molecule has 28 heavy (non-hydrogen) atoms. The molecule has 2 aromatic heterocycles. The van der Waals surface area contributed by atoms with Crippen molar-refractivity contribution in [2.24, 2.45) is 0 Å². The lowest BCUT2D eigenvalue weighted by Gasteiger charge is -2.14. The number of carbonyl (C=O) groups excluding carboxylic acids is 2. The van der Waals surface area contributed by atoms with Crippen LogP contribution in [0.5, 0.6) is 0 Å². The SMILES string of the molecule is Cc1cc(C(=O)COC(=O)Cn2ccc(=O)[nH]c2=O)c(C)n1C[C@@H]1CCCO1. The Labute approximate surface area is 160 Å². The van der Waals surface area contributed by atoms with Crippen LogP contribution < -0.4 is 11.2 Å². The smallest absolute Gasteiger partial charge is 0.328 e. The van der Waals surface area contributed by atoms with Gasteiger partial charge in [-0.1, -0.05) is 0 Å². The van der Waals surface area contributed by atoms with E-state index in [1.54, 1.807) is 6.07 Å². The number of hydrogen-bond acceptors (Lipinski definition) is 6. The van der Waals surface area contributed by atoms with E-state index in [0.717, 1.165) is 41.5 Å². The number of hydrogen-bond donors (Lipinski definition) is 1. The van der Waals surface area contributed by atoms with Crippen molar-refractivity contribution in [2.45, 2.75) is 45.9 Å². The molecule has 9 nitrogen and oxygen atoms in total. The quantitative estimate of drug-likeness (QED) is 0.547. The number of nitrogens with zero attached hydrogens (tertiary/aromatic N) is 2. The molecule has 1 fully saturated rings. The largest absolute Gasteiger partial charge is 0.456 e. The van der Waals surface area contributed by atoms with Gasteiger partial charge in [0.2, 0.25) is 5.78 Å². The molecule has 2 aromatic rings. The summed E-state index contributed by atoms with van der Waals surface area (Å²) in [5.41, 5.74) is 0.995. The van der Waals surface area contributed by atoms with E-state index in [1.165, 1.54) is 6.20 Å². The molecule has 1 aliphatic heterocycles. The Morgan fingerprint density at radius 2 is 2.11 bits per heavy atom. The Hall–Kier alpha value is -2.94. The van der Waals surface area contributed by atoms with E-state index < -0.39 is 23.8 Å². The highest BCUT2D eigenvalue weighted by atomic mass is 16.5. The van der Waals surface area contributed by atoms with Crippen molar-refractivity contribution in [3.63, 3.8) is 0 Å². The van der Waals surface area contributed by atoms with Crippen LogP contribution >= 0.6 is 0 Å². The van der Waals surface area contributed by atoms with Gasteiger partial charge in [0.15, 0.2) is 6.61 Å². The van der Waals surface area contributed by atoms with Crippen LogP contribution in [0.3, 0.4) is 0 Å². The second kappa shape index (κ2) is 8.39. The third-order valence-electron chi connectivity index (χ3n) is 4.84. The van der Waals surface area contributed by atoms with Crippen LogP contribution in [0.4, 0.5) is 0 Å². The Bertz CT molecular complexity index is 994. The standard InChI is InChI=1S/C19H23N3O6/c1-12-8-15(13(2)22(12)9-14-4-3-7-27-14)16(23)11-28-18(25)10-21-6-5-17(24)20-19(21)26/h5-6,8,14H,3-4,7,9-11H2,1-2H3,(H,20,24,26)/t14-/m0/s1. The van der Waals surface area contributed by atoms with E-state index in [9.17, 15) is 19.2 Å². The lowest BCUT2D eigenvalue weighted by Crippen LogP contribution is -2.31. The van der Waals surface area contributed by atoms with Crippen LogP contribution in [0.25, 0.3) is 0 Å². The second-order valence-electron chi connectivity index (χ2n) is 6.85. The monoisotopic (exact) mass is 389 g/mol. The van der Waals surface area contributed by atoms with Gasteiger partial charge in [-0.15, -0.1) is 0 Å². The molecule has 150 valence electrons. The van der Waals surface area contributed by atoms with Crippen LogP contribution in [0.15, 0.2) is 27.9 Å². The maximum Gasteiger partial charge on any atom is 0.328 e. The van der Waals surface area contributed by atoms with Crippen molar-refractivity contribution in [1.29, 1.82) is 0 Å². The summed E-state index contributed by atoms with van der Waals surface area (Å²) in [7, 11) is 0. The summed E-state index contributed by atoms with van der Waals surface area (Å²) >= 11 is 0. The van der Waals surface area contributed by atoms with Gasteiger partial charge in [0.25, 0.3) is 5.56 Å². The molecule has 3 rings (SSSR count). The first kappa shape index (κ1) is 19.8. The summed E-state index contributed by atoms with van der Waals surface area (Å²) in [6.45, 7) is 4.44. The summed E-state index contributed by atoms with van der Waals surface area (Å²) in [5, 5.41) is 0. The van der Waals surface area contributed by atoms with Crippen LogP contribution in [0.1, 0.15) is 34.6 Å². The minimum atomic E-state index is -0.740. The van der Waals surface area contributed by atoms with Crippen LogP contribution in [-0.4, -0.2) is 45.2 Å². The van der Waals surface area contributed by atoms with Crippen molar-refractivity contribution < 1.29 is 19.1 Å². The van der Waals surface area contributed by atoms with Gasteiger partial charge in [-0.05, 0) is 32.8 Å². The minimum Gasteiger partial charge on any atom is -0.456 e. The number of ether oxygens (including phenoxy) is 2. The first-order chi connectivity index (χ1) is 13.3. The summed E-state index contributed by atoms with van der Waals surface area (Å²) in [6, 6.07) is 2.91. The second-order valence-corrected chi connectivity index (χ2v) is 6.85. The van der Waals surface area contributed by atoms with Gasteiger partial charge >= 0.3 is 11.7 Å². The molecule has 3 heterocycles. The maximum absolute atomic E-state index is 12.5. The summed E-state index contributed by atoms with van der Waals surface area (Å²) in [4.78, 5) is 49.1. The van der Waals surface area contributed by atoms with Gasteiger partial charge in [-0.3, -0.25) is 23.9 Å². The number of ketones is 1. The summed E-state index contributed by atoms with van der Waals surface area (Å²) in [5.74, 6) is -1.05. The van der Waals surface area contributed by atoms with E-state index in [-0.39, 0.29) is 18.4 Å². The van der Waals surface area contributed by atoms with Crippen molar-refractivity contribution in [1.82, 2.24) is 14.1 Å². The van der Waals surface area contributed by atoms with Gasteiger partial charge in [-0.2, -0.15) is 0 Å². The van der Waals surface area contributed by atoms with E-state index in [0.29, 0.717) is 12.1 Å². The number of esters is 1. The number of carbonyl (C=O) groups is 2.